The van der Waals surface area contributed by atoms with Crippen molar-refractivity contribution in [3.05, 3.63) is 29.0 Å². The molecule has 0 radical (unpaired) electrons. The van der Waals surface area contributed by atoms with Crippen molar-refractivity contribution in [2.75, 3.05) is 0 Å². The van der Waals surface area contributed by atoms with Crippen LogP contribution >= 0.6 is 24.3 Å². The van der Waals surface area contributed by atoms with Crippen LogP contribution in [0.5, 0.6) is 0 Å². The summed E-state index contributed by atoms with van der Waals surface area (Å²) in [5, 5.41) is 21.3. The van der Waals surface area contributed by atoms with Crippen molar-refractivity contribution in [2.45, 2.75) is 4.90 Å². The van der Waals surface area contributed by atoms with Gasteiger partial charge in [-0.05, 0) is 36.5 Å². The van der Waals surface area contributed by atoms with E-state index in [0.717, 1.165) is 22.6 Å². The van der Waals surface area contributed by atoms with E-state index in [0.29, 0.717) is 4.77 Å². The molecule has 2 N–H and O–H groups in total. The van der Waals surface area contributed by atoms with Crippen molar-refractivity contribution < 1.29 is 14.6 Å². The first-order valence-corrected chi connectivity index (χ1v) is 5.21. The second kappa shape index (κ2) is 5.18. The molecule has 0 amide bonds. The van der Waals surface area contributed by atoms with Gasteiger partial charge >= 0.3 is 0 Å². The lowest BCUT2D eigenvalue weighted by atomic mass is 10.3. The maximum atomic E-state index is 7.99. The second-order valence-corrected chi connectivity index (χ2v) is 3.78. The summed E-state index contributed by atoms with van der Waals surface area (Å²) in [5.41, 5.74) is 0.796. The lowest BCUT2D eigenvalue weighted by Crippen LogP contribution is -1.96. The van der Waals surface area contributed by atoms with E-state index in [1.165, 1.54) is 0 Å². The first kappa shape index (κ1) is 11.2. The summed E-state index contributed by atoms with van der Waals surface area (Å²) in [5.74, 6) is 0. The van der Waals surface area contributed by atoms with Crippen LogP contribution in [0.25, 0.3) is 5.69 Å². The number of tetrazole rings is 1. The Kier molecular flexibility index (Phi) is 3.64. The molecule has 0 aliphatic carbocycles. The average Bonchev–Trinajstić information content (AvgIpc) is 2.74. The topological polar surface area (TPSA) is 85.2 Å². The number of H-pyrrole nitrogens is 1. The van der Waals surface area contributed by atoms with Crippen LogP contribution < -0.4 is 0 Å². The summed E-state index contributed by atoms with van der Waals surface area (Å²) in [6.45, 7) is 0. The fraction of sp³-hybridized carbons (Fsp3) is 0. The highest BCUT2D eigenvalue weighted by Crippen LogP contribution is 2.20. The standard InChI is InChI=1S/C7H6N4O3S2/c12-13-14-16-6-3-1-5(2-4-6)11-7(15)8-9-10-11/h1-4,12H,(H,8,10,15). The summed E-state index contributed by atoms with van der Waals surface area (Å²) >= 11 is 5.83. The SMILES string of the molecule is OOOSc1ccc(-n2[nH]nnc2=S)cc1. The van der Waals surface area contributed by atoms with Crippen molar-refractivity contribution in [1.82, 2.24) is 20.2 Å². The lowest BCUT2D eigenvalue weighted by Gasteiger charge is -2.01. The van der Waals surface area contributed by atoms with E-state index < -0.39 is 0 Å². The highest BCUT2D eigenvalue weighted by Gasteiger charge is 2.00. The number of aromatic nitrogens is 4. The third-order valence-electron chi connectivity index (χ3n) is 1.73. The zero-order chi connectivity index (χ0) is 11.4. The van der Waals surface area contributed by atoms with E-state index in [9.17, 15) is 0 Å². The molecule has 1 aromatic heterocycles. The molecule has 0 spiro atoms. The number of aromatic amines is 1. The summed E-state index contributed by atoms with van der Waals surface area (Å²) in [7, 11) is 0. The molecule has 0 aliphatic rings. The molecule has 2 rings (SSSR count). The average molecular weight is 258 g/mol. The molecule has 7 nitrogen and oxygen atoms in total. The zero-order valence-electron chi connectivity index (χ0n) is 7.73. The molecular weight excluding hydrogens is 252 g/mol. The van der Waals surface area contributed by atoms with Crippen LogP contribution in [0.4, 0.5) is 0 Å². The van der Waals surface area contributed by atoms with Gasteiger partial charge in [0.15, 0.2) is 0 Å². The Morgan fingerprint density at radius 2 is 2.12 bits per heavy atom. The fourth-order valence-electron chi connectivity index (χ4n) is 1.07. The number of hydrogen-bond acceptors (Lipinski definition) is 7. The Labute approximate surface area is 99.0 Å². The molecular formula is C7H6N4O3S2. The molecule has 0 atom stereocenters. The largest absolute Gasteiger partial charge is 0.242 e. The van der Waals surface area contributed by atoms with Gasteiger partial charge in [0.05, 0.1) is 17.7 Å². The van der Waals surface area contributed by atoms with Gasteiger partial charge in [0, 0.05) is 4.90 Å². The van der Waals surface area contributed by atoms with Crippen LogP contribution in [-0.4, -0.2) is 25.5 Å². The molecule has 16 heavy (non-hydrogen) atoms. The molecule has 0 fully saturated rings. The maximum Gasteiger partial charge on any atom is 0.242 e. The van der Waals surface area contributed by atoms with E-state index in [-0.39, 0.29) is 0 Å². The minimum absolute atomic E-state index is 0.343. The van der Waals surface area contributed by atoms with E-state index in [1.54, 1.807) is 28.9 Å². The second-order valence-electron chi connectivity index (χ2n) is 2.64. The molecule has 1 heterocycles. The fourth-order valence-corrected chi connectivity index (χ4v) is 1.61. The predicted molar refractivity (Wildman–Crippen MR) is 57.2 cm³/mol. The normalized spacial score (nSPS) is 10.6. The number of benzene rings is 1. The number of rotatable bonds is 4. The molecule has 2 aromatic rings. The van der Waals surface area contributed by atoms with Crippen LogP contribution in [0.2, 0.25) is 0 Å². The smallest absolute Gasteiger partial charge is 0.220 e. The van der Waals surface area contributed by atoms with Crippen molar-refractivity contribution >= 4 is 24.3 Å². The minimum Gasteiger partial charge on any atom is -0.220 e. The molecule has 0 unspecified atom stereocenters. The van der Waals surface area contributed by atoms with Gasteiger partial charge in [-0.1, -0.05) is 15.4 Å². The van der Waals surface area contributed by atoms with Gasteiger partial charge in [-0.3, -0.25) is 0 Å². The van der Waals surface area contributed by atoms with Crippen molar-refractivity contribution in [3.63, 3.8) is 0 Å². The van der Waals surface area contributed by atoms with Crippen molar-refractivity contribution in [2.24, 2.45) is 0 Å². The summed E-state index contributed by atoms with van der Waals surface area (Å²) in [4.78, 5) is 0.761. The molecule has 0 bridgehead atoms. The van der Waals surface area contributed by atoms with Gasteiger partial charge < -0.3 is 0 Å². The van der Waals surface area contributed by atoms with Crippen LogP contribution in [0.3, 0.4) is 0 Å². The summed E-state index contributed by atoms with van der Waals surface area (Å²) in [6, 6.07) is 7.11. The number of hydrogen-bond donors (Lipinski definition) is 2. The Bertz CT molecular complexity index is 509. The lowest BCUT2D eigenvalue weighted by molar-refractivity contribution is -0.432. The van der Waals surface area contributed by atoms with Crippen molar-refractivity contribution in [1.29, 1.82) is 0 Å². The van der Waals surface area contributed by atoms with E-state index in [4.69, 9.17) is 17.5 Å². The first-order valence-electron chi connectivity index (χ1n) is 4.06. The molecule has 0 aliphatic heterocycles. The molecule has 84 valence electrons. The molecule has 0 saturated carbocycles. The predicted octanol–water partition coefficient (Wildman–Crippen LogP) is 1.75. The van der Waals surface area contributed by atoms with Crippen LogP contribution in [0.15, 0.2) is 29.2 Å². The van der Waals surface area contributed by atoms with Crippen LogP contribution in [-0.2, 0) is 9.37 Å². The Hall–Kier alpha value is -1.26. The monoisotopic (exact) mass is 258 g/mol. The Balaban J connectivity index is 2.20. The van der Waals surface area contributed by atoms with Crippen molar-refractivity contribution in [3.8, 4) is 5.69 Å². The summed E-state index contributed by atoms with van der Waals surface area (Å²) in [6.07, 6.45) is 0. The Morgan fingerprint density at radius 3 is 2.69 bits per heavy atom. The third-order valence-corrected chi connectivity index (χ3v) is 2.58. The van der Waals surface area contributed by atoms with Gasteiger partial charge in [0.25, 0.3) is 0 Å². The van der Waals surface area contributed by atoms with E-state index >= 15 is 0 Å². The number of nitrogens with one attached hydrogen (secondary N) is 1. The number of nitrogens with zero attached hydrogens (tertiary/aromatic N) is 3. The molecule has 9 heteroatoms. The zero-order valence-corrected chi connectivity index (χ0v) is 9.36. The van der Waals surface area contributed by atoms with Gasteiger partial charge in [-0.2, -0.15) is 5.21 Å². The highest BCUT2D eigenvalue weighted by molar-refractivity contribution is 7.94. The minimum atomic E-state index is 0.343. The van der Waals surface area contributed by atoms with Gasteiger partial charge in [0.2, 0.25) is 4.77 Å². The molecule has 1 aromatic carbocycles. The first-order chi connectivity index (χ1) is 7.81. The third kappa shape index (κ3) is 2.46. The van der Waals surface area contributed by atoms with Gasteiger partial charge in [-0.25, -0.2) is 9.94 Å². The van der Waals surface area contributed by atoms with Crippen LogP contribution in [0, 0.1) is 4.77 Å². The van der Waals surface area contributed by atoms with E-state index in [1.807, 2.05) is 0 Å². The Morgan fingerprint density at radius 1 is 1.38 bits per heavy atom. The van der Waals surface area contributed by atoms with E-state index in [2.05, 4.69) is 24.9 Å². The highest BCUT2D eigenvalue weighted by atomic mass is 32.2. The van der Waals surface area contributed by atoms with Crippen LogP contribution in [0.1, 0.15) is 0 Å². The maximum absolute atomic E-state index is 7.99. The van der Waals surface area contributed by atoms with Gasteiger partial charge in [0.1, 0.15) is 0 Å². The van der Waals surface area contributed by atoms with Gasteiger partial charge in [-0.15, -0.1) is 4.33 Å². The molecule has 0 saturated heterocycles. The summed E-state index contributed by atoms with van der Waals surface area (Å²) < 4.78 is 6.18. The quantitative estimate of drug-likeness (QED) is 0.374.